The second-order valence-corrected chi connectivity index (χ2v) is 7.98. The summed E-state index contributed by atoms with van der Waals surface area (Å²) in [5, 5.41) is 0. The lowest BCUT2D eigenvalue weighted by molar-refractivity contribution is 0.311. The lowest BCUT2D eigenvalue weighted by Gasteiger charge is -2.27. The largest absolute Gasteiger partial charge is 0.236 e. The quantitative estimate of drug-likeness (QED) is 0.549. The number of nitrogens with zero attached hydrogens (tertiary/aromatic N) is 2. The fourth-order valence-electron chi connectivity index (χ4n) is 4.27. The van der Waals surface area contributed by atoms with E-state index in [9.17, 15) is 0 Å². The predicted octanol–water partition coefficient (Wildman–Crippen LogP) is 6.42. The smallest absolute Gasteiger partial charge is 0.159 e. The van der Waals surface area contributed by atoms with Crippen LogP contribution in [0.4, 0.5) is 0 Å². The molecule has 2 nitrogen and oxygen atoms in total. The molecule has 1 aliphatic rings. The fourth-order valence-corrected chi connectivity index (χ4v) is 4.27. The van der Waals surface area contributed by atoms with Crippen molar-refractivity contribution in [3.8, 4) is 11.4 Å². The van der Waals surface area contributed by atoms with E-state index < -0.39 is 0 Å². The fraction of sp³-hybridized carbons (Fsp3) is 0.583. The summed E-state index contributed by atoms with van der Waals surface area (Å²) in [6.45, 7) is 6.84. The summed E-state index contributed by atoms with van der Waals surface area (Å²) in [6, 6.07) is 8.70. The molecule has 26 heavy (non-hydrogen) atoms. The van der Waals surface area contributed by atoms with Crippen molar-refractivity contribution in [2.24, 2.45) is 11.8 Å². The van der Waals surface area contributed by atoms with Crippen molar-refractivity contribution < 1.29 is 0 Å². The molecule has 0 spiro atoms. The Bertz CT molecular complexity index is 690. The van der Waals surface area contributed by atoms with Crippen molar-refractivity contribution in [1.82, 2.24) is 9.97 Å². The maximum Gasteiger partial charge on any atom is 0.159 e. The van der Waals surface area contributed by atoms with Crippen LogP contribution >= 0.6 is 0 Å². The van der Waals surface area contributed by atoms with Gasteiger partial charge in [-0.15, -0.1) is 0 Å². The molecule has 2 heteroatoms. The number of rotatable bonds is 8. The third-order valence-electron chi connectivity index (χ3n) is 6.08. The van der Waals surface area contributed by atoms with Gasteiger partial charge in [0.05, 0.1) is 0 Å². The van der Waals surface area contributed by atoms with Crippen molar-refractivity contribution in [2.75, 3.05) is 0 Å². The highest BCUT2D eigenvalue weighted by atomic mass is 14.9. The van der Waals surface area contributed by atoms with Gasteiger partial charge in [-0.25, -0.2) is 9.97 Å². The van der Waals surface area contributed by atoms with Crippen molar-refractivity contribution >= 4 is 0 Å². The van der Waals surface area contributed by atoms with E-state index in [1.807, 2.05) is 0 Å². The SMILES string of the molecule is CCCCC(CC)CC1CCc2nc(-c3ccc(CC)cc3)ncc2C1. The van der Waals surface area contributed by atoms with Crippen LogP contribution in [0.3, 0.4) is 0 Å². The van der Waals surface area contributed by atoms with Crippen LogP contribution in [0.25, 0.3) is 11.4 Å². The van der Waals surface area contributed by atoms with Crippen LogP contribution in [0.15, 0.2) is 30.5 Å². The molecular weight excluding hydrogens is 316 g/mol. The highest BCUT2D eigenvalue weighted by Gasteiger charge is 2.23. The third-order valence-corrected chi connectivity index (χ3v) is 6.08. The van der Waals surface area contributed by atoms with E-state index in [1.165, 1.54) is 61.8 Å². The van der Waals surface area contributed by atoms with Crippen molar-refractivity contribution in [3.63, 3.8) is 0 Å². The zero-order valence-electron chi connectivity index (χ0n) is 16.8. The van der Waals surface area contributed by atoms with Crippen LogP contribution in [-0.2, 0) is 19.3 Å². The topological polar surface area (TPSA) is 25.8 Å². The summed E-state index contributed by atoms with van der Waals surface area (Å²) >= 11 is 0. The minimum Gasteiger partial charge on any atom is -0.236 e. The second kappa shape index (κ2) is 9.30. The maximum atomic E-state index is 4.91. The van der Waals surface area contributed by atoms with Crippen LogP contribution in [0, 0.1) is 11.8 Å². The lowest BCUT2D eigenvalue weighted by atomic mass is 9.79. The molecule has 0 fully saturated rings. The zero-order chi connectivity index (χ0) is 18.4. The van der Waals surface area contributed by atoms with Crippen LogP contribution in [0.2, 0.25) is 0 Å². The molecule has 3 rings (SSSR count). The van der Waals surface area contributed by atoms with Gasteiger partial charge in [-0.2, -0.15) is 0 Å². The Labute approximate surface area is 159 Å². The van der Waals surface area contributed by atoms with Gasteiger partial charge in [-0.3, -0.25) is 0 Å². The summed E-state index contributed by atoms with van der Waals surface area (Å²) in [6.07, 6.45) is 13.6. The summed E-state index contributed by atoms with van der Waals surface area (Å²) in [7, 11) is 0. The molecule has 2 atom stereocenters. The van der Waals surface area contributed by atoms with Gasteiger partial charge in [0.2, 0.25) is 0 Å². The van der Waals surface area contributed by atoms with E-state index in [0.29, 0.717) is 0 Å². The molecule has 0 N–H and O–H groups in total. The summed E-state index contributed by atoms with van der Waals surface area (Å²) in [5.41, 5.74) is 5.17. The number of hydrogen-bond acceptors (Lipinski definition) is 2. The summed E-state index contributed by atoms with van der Waals surface area (Å²) in [4.78, 5) is 9.60. The summed E-state index contributed by atoms with van der Waals surface area (Å²) < 4.78 is 0. The van der Waals surface area contributed by atoms with Gasteiger partial charge in [0, 0.05) is 17.5 Å². The molecule has 1 aliphatic carbocycles. The number of unbranched alkanes of at least 4 members (excludes halogenated alkanes) is 1. The number of aryl methyl sites for hydroxylation is 2. The number of fused-ring (bicyclic) bond motifs is 1. The van der Waals surface area contributed by atoms with Crippen LogP contribution in [0.1, 0.15) is 76.1 Å². The van der Waals surface area contributed by atoms with Crippen LogP contribution in [0.5, 0.6) is 0 Å². The van der Waals surface area contributed by atoms with Gasteiger partial charge in [-0.1, -0.05) is 70.7 Å². The second-order valence-electron chi connectivity index (χ2n) is 7.98. The average Bonchev–Trinajstić information content (AvgIpc) is 2.70. The average molecular weight is 351 g/mol. The normalized spacial score (nSPS) is 17.7. The Morgan fingerprint density at radius 3 is 2.62 bits per heavy atom. The van der Waals surface area contributed by atoms with Gasteiger partial charge in [-0.05, 0) is 55.1 Å². The summed E-state index contributed by atoms with van der Waals surface area (Å²) in [5.74, 6) is 2.61. The van der Waals surface area contributed by atoms with Crippen molar-refractivity contribution in [2.45, 2.75) is 78.6 Å². The van der Waals surface area contributed by atoms with E-state index in [0.717, 1.165) is 36.1 Å². The molecule has 0 saturated carbocycles. The van der Waals surface area contributed by atoms with E-state index in [2.05, 4.69) is 51.2 Å². The van der Waals surface area contributed by atoms with Crippen LogP contribution in [-0.4, -0.2) is 9.97 Å². The Morgan fingerprint density at radius 2 is 1.92 bits per heavy atom. The molecule has 2 aromatic rings. The van der Waals surface area contributed by atoms with Gasteiger partial charge in [0.25, 0.3) is 0 Å². The maximum absolute atomic E-state index is 4.91. The predicted molar refractivity (Wildman–Crippen MR) is 110 cm³/mol. The first-order chi connectivity index (χ1) is 12.7. The van der Waals surface area contributed by atoms with Crippen molar-refractivity contribution in [3.05, 3.63) is 47.3 Å². The first kappa shape index (κ1) is 19.1. The molecule has 0 amide bonds. The highest BCUT2D eigenvalue weighted by molar-refractivity contribution is 5.55. The van der Waals surface area contributed by atoms with Gasteiger partial charge in [0.15, 0.2) is 5.82 Å². The molecule has 1 aromatic heterocycles. The highest BCUT2D eigenvalue weighted by Crippen LogP contribution is 2.32. The standard InChI is InChI=1S/C24H34N2/c1-4-7-8-19(6-3)15-20-11-14-23-22(16-20)17-25-24(26-23)21-12-9-18(5-2)10-13-21/h9-10,12-13,17,19-20H,4-8,11,14-16H2,1-3H3. The molecule has 0 aliphatic heterocycles. The molecule has 0 saturated heterocycles. The van der Waals surface area contributed by atoms with E-state index in [4.69, 9.17) is 9.97 Å². The first-order valence-electron chi connectivity index (χ1n) is 10.7. The Hall–Kier alpha value is -1.70. The Balaban J connectivity index is 1.66. The van der Waals surface area contributed by atoms with Crippen molar-refractivity contribution in [1.29, 1.82) is 0 Å². The van der Waals surface area contributed by atoms with Gasteiger partial charge < -0.3 is 0 Å². The first-order valence-corrected chi connectivity index (χ1v) is 10.7. The number of benzene rings is 1. The monoisotopic (exact) mass is 350 g/mol. The molecule has 2 unspecified atom stereocenters. The zero-order valence-corrected chi connectivity index (χ0v) is 16.8. The van der Waals surface area contributed by atoms with E-state index >= 15 is 0 Å². The molecule has 0 bridgehead atoms. The molecule has 140 valence electrons. The minimum atomic E-state index is 0.822. The third kappa shape index (κ3) is 4.72. The molecule has 1 aromatic carbocycles. The van der Waals surface area contributed by atoms with E-state index in [1.54, 1.807) is 0 Å². The van der Waals surface area contributed by atoms with Gasteiger partial charge >= 0.3 is 0 Å². The van der Waals surface area contributed by atoms with Crippen LogP contribution < -0.4 is 0 Å². The Kier molecular flexibility index (Phi) is 6.82. The Morgan fingerprint density at radius 1 is 1.12 bits per heavy atom. The number of hydrogen-bond donors (Lipinski definition) is 0. The minimum absolute atomic E-state index is 0.822. The molecular formula is C24H34N2. The molecule has 0 radical (unpaired) electrons. The van der Waals surface area contributed by atoms with E-state index in [-0.39, 0.29) is 0 Å². The van der Waals surface area contributed by atoms with Gasteiger partial charge in [0.1, 0.15) is 0 Å². The molecule has 1 heterocycles. The number of aromatic nitrogens is 2. The lowest BCUT2D eigenvalue weighted by Crippen LogP contribution is -2.19.